The van der Waals surface area contributed by atoms with Crippen molar-refractivity contribution in [2.24, 2.45) is 5.73 Å². The Kier molecular flexibility index (Phi) is 8.78. The molecule has 0 saturated carbocycles. The van der Waals surface area contributed by atoms with Crippen molar-refractivity contribution in [3.8, 4) is 11.9 Å². The van der Waals surface area contributed by atoms with Crippen LogP contribution in [0.25, 0.3) is 0 Å². The number of ether oxygens (including phenoxy) is 1. The molecule has 2 aromatic rings. The number of nitrogens with one attached hydrogen (secondary N) is 1. The summed E-state index contributed by atoms with van der Waals surface area (Å²) in [4.78, 5) is 23.3. The van der Waals surface area contributed by atoms with Crippen LogP contribution in [0.4, 0.5) is 24.8 Å². The SMILES string of the molecule is CCOc1nc(N)nc([C@](N)(CCCCN(C)C)C(=O)Nc2cccc(C(F)(F)F)c2)c1C#N. The van der Waals surface area contributed by atoms with Crippen LogP contribution < -0.4 is 21.5 Å². The minimum Gasteiger partial charge on any atom is -0.477 e. The lowest BCUT2D eigenvalue weighted by molar-refractivity contribution is -0.137. The highest BCUT2D eigenvalue weighted by atomic mass is 19.4. The van der Waals surface area contributed by atoms with Gasteiger partial charge in [-0.15, -0.1) is 0 Å². The molecule has 0 saturated heterocycles. The average molecular weight is 480 g/mol. The fraction of sp³-hybridized carbons (Fsp3) is 0.455. The first-order valence-electron chi connectivity index (χ1n) is 10.6. The van der Waals surface area contributed by atoms with Crippen LogP contribution in [0.1, 0.15) is 43.0 Å². The van der Waals surface area contributed by atoms with E-state index < -0.39 is 23.2 Å². The quantitative estimate of drug-likeness (QED) is 0.442. The van der Waals surface area contributed by atoms with Crippen molar-refractivity contribution in [2.75, 3.05) is 38.3 Å². The monoisotopic (exact) mass is 479 g/mol. The predicted octanol–water partition coefficient (Wildman–Crippen LogP) is 2.87. The summed E-state index contributed by atoms with van der Waals surface area (Å²) in [5.41, 5.74) is 9.11. The van der Waals surface area contributed by atoms with Crippen LogP contribution >= 0.6 is 0 Å². The molecule has 0 unspecified atom stereocenters. The highest BCUT2D eigenvalue weighted by Crippen LogP contribution is 2.34. The number of nitrogens with two attached hydrogens (primary N) is 2. The van der Waals surface area contributed by atoms with Crippen molar-refractivity contribution in [1.82, 2.24) is 14.9 Å². The van der Waals surface area contributed by atoms with Crippen LogP contribution in [0, 0.1) is 11.3 Å². The second-order valence-electron chi connectivity index (χ2n) is 7.92. The van der Waals surface area contributed by atoms with Crippen LogP contribution in [0.2, 0.25) is 0 Å². The average Bonchev–Trinajstić information content (AvgIpc) is 2.76. The standard InChI is InChI=1S/C22H28F3N7O2/c1-4-34-18-16(13-26)17(30-20(27)31-18)21(28,10-5-6-11-32(2)3)19(33)29-15-9-7-8-14(12-15)22(23,24)25/h7-9,12H,4-6,10-11,28H2,1-3H3,(H,29,33)(H2,27,30,31)/t21-/m1/s1. The summed E-state index contributed by atoms with van der Waals surface area (Å²) in [6, 6.07) is 6.09. The highest BCUT2D eigenvalue weighted by Gasteiger charge is 2.41. The maximum absolute atomic E-state index is 13.4. The minimum atomic E-state index is -4.59. The molecule has 0 radical (unpaired) electrons. The fourth-order valence-electron chi connectivity index (χ4n) is 3.31. The van der Waals surface area contributed by atoms with Gasteiger partial charge in [-0.1, -0.05) is 6.07 Å². The lowest BCUT2D eigenvalue weighted by Gasteiger charge is -2.29. The minimum absolute atomic E-state index is 0.0440. The van der Waals surface area contributed by atoms with Gasteiger partial charge in [0.05, 0.1) is 17.9 Å². The van der Waals surface area contributed by atoms with Crippen molar-refractivity contribution in [2.45, 2.75) is 37.9 Å². The topological polar surface area (TPSA) is 143 Å². The summed E-state index contributed by atoms with van der Waals surface area (Å²) < 4.78 is 44.7. The number of rotatable bonds is 10. The van der Waals surface area contributed by atoms with E-state index in [2.05, 4.69) is 15.3 Å². The molecular weight excluding hydrogens is 451 g/mol. The molecule has 0 aliphatic rings. The van der Waals surface area contributed by atoms with Gasteiger partial charge in [0, 0.05) is 5.69 Å². The number of alkyl halides is 3. The molecule has 0 aliphatic heterocycles. The third-order valence-electron chi connectivity index (χ3n) is 4.99. The number of nitrogen functional groups attached to an aromatic ring is 1. The molecule has 0 fully saturated rings. The number of unbranched alkanes of at least 4 members (excludes halogenated alkanes) is 1. The Hall–Kier alpha value is -3.43. The molecule has 5 N–H and O–H groups in total. The van der Waals surface area contributed by atoms with E-state index in [1.54, 1.807) is 6.92 Å². The molecule has 0 aliphatic carbocycles. The Labute approximate surface area is 195 Å². The number of carbonyl (C=O) groups excluding carboxylic acids is 1. The van der Waals surface area contributed by atoms with Crippen molar-refractivity contribution in [3.63, 3.8) is 0 Å². The third-order valence-corrected chi connectivity index (χ3v) is 4.99. The summed E-state index contributed by atoms with van der Waals surface area (Å²) in [7, 11) is 3.78. The molecule has 12 heteroatoms. The maximum Gasteiger partial charge on any atom is 0.416 e. The Morgan fingerprint density at radius 3 is 2.56 bits per heavy atom. The van der Waals surface area contributed by atoms with Crippen LogP contribution in [0.15, 0.2) is 24.3 Å². The van der Waals surface area contributed by atoms with Gasteiger partial charge in [0.15, 0.2) is 0 Å². The van der Waals surface area contributed by atoms with E-state index in [9.17, 15) is 23.2 Å². The van der Waals surface area contributed by atoms with E-state index in [0.29, 0.717) is 19.4 Å². The molecule has 0 spiro atoms. The van der Waals surface area contributed by atoms with E-state index >= 15 is 0 Å². The first-order valence-corrected chi connectivity index (χ1v) is 10.6. The Morgan fingerprint density at radius 2 is 1.97 bits per heavy atom. The summed E-state index contributed by atoms with van der Waals surface area (Å²) >= 11 is 0. The molecule has 1 heterocycles. The van der Waals surface area contributed by atoms with Crippen molar-refractivity contribution in [1.29, 1.82) is 5.26 Å². The molecule has 1 amide bonds. The van der Waals surface area contributed by atoms with E-state index in [4.69, 9.17) is 16.2 Å². The molecule has 0 bridgehead atoms. The molecule has 1 aromatic heterocycles. The molecule has 2 rings (SSSR count). The zero-order chi connectivity index (χ0) is 25.5. The Balaban J connectivity index is 2.51. The highest BCUT2D eigenvalue weighted by molar-refractivity contribution is 5.99. The molecule has 9 nitrogen and oxygen atoms in total. The number of hydrogen-bond donors (Lipinski definition) is 3. The molecular formula is C22H28F3N7O2. The van der Waals surface area contributed by atoms with Crippen molar-refractivity contribution >= 4 is 17.5 Å². The van der Waals surface area contributed by atoms with Crippen LogP contribution in [-0.4, -0.2) is 48.0 Å². The fourth-order valence-corrected chi connectivity index (χ4v) is 3.31. The second-order valence-corrected chi connectivity index (χ2v) is 7.92. The van der Waals surface area contributed by atoms with Gasteiger partial charge >= 0.3 is 6.18 Å². The normalized spacial score (nSPS) is 13.3. The first kappa shape index (κ1) is 26.8. The van der Waals surface area contributed by atoms with Crippen LogP contribution in [-0.2, 0) is 16.5 Å². The van der Waals surface area contributed by atoms with Gasteiger partial charge in [0.1, 0.15) is 17.2 Å². The van der Waals surface area contributed by atoms with Gasteiger partial charge in [0.2, 0.25) is 11.8 Å². The maximum atomic E-state index is 13.4. The Bertz CT molecular complexity index is 1050. The largest absolute Gasteiger partial charge is 0.477 e. The van der Waals surface area contributed by atoms with Gasteiger partial charge in [-0.3, -0.25) is 4.79 Å². The first-order chi connectivity index (χ1) is 15.9. The summed E-state index contributed by atoms with van der Waals surface area (Å²) in [6.45, 7) is 2.56. The number of anilines is 2. The second kappa shape index (κ2) is 11.1. The number of nitrogens with zero attached hydrogens (tertiary/aromatic N) is 4. The van der Waals surface area contributed by atoms with Gasteiger partial charge in [0.25, 0.3) is 5.91 Å². The van der Waals surface area contributed by atoms with Gasteiger partial charge in [-0.05, 0) is 65.0 Å². The molecule has 184 valence electrons. The summed E-state index contributed by atoms with van der Waals surface area (Å²) in [6.07, 6.45) is -3.41. The number of nitriles is 1. The van der Waals surface area contributed by atoms with E-state index in [0.717, 1.165) is 12.1 Å². The summed E-state index contributed by atoms with van der Waals surface area (Å²) in [5, 5.41) is 12.2. The number of aromatic nitrogens is 2. The van der Waals surface area contributed by atoms with Crippen molar-refractivity contribution in [3.05, 3.63) is 41.1 Å². The van der Waals surface area contributed by atoms with Crippen molar-refractivity contribution < 1.29 is 22.7 Å². The van der Waals surface area contributed by atoms with E-state index in [1.807, 2.05) is 25.1 Å². The number of hydrogen-bond acceptors (Lipinski definition) is 8. The number of amides is 1. The number of carbonyl (C=O) groups is 1. The third kappa shape index (κ3) is 6.55. The summed E-state index contributed by atoms with van der Waals surface area (Å²) in [5.74, 6) is -1.22. The number of benzene rings is 1. The van der Waals surface area contributed by atoms with Gasteiger partial charge in [-0.2, -0.15) is 23.4 Å². The lowest BCUT2D eigenvalue weighted by atomic mass is 9.86. The number of halogens is 3. The smallest absolute Gasteiger partial charge is 0.416 e. The Morgan fingerprint density at radius 1 is 1.26 bits per heavy atom. The van der Waals surface area contributed by atoms with Crippen LogP contribution in [0.5, 0.6) is 5.88 Å². The van der Waals surface area contributed by atoms with E-state index in [-0.39, 0.29) is 41.8 Å². The van der Waals surface area contributed by atoms with E-state index in [1.165, 1.54) is 12.1 Å². The predicted molar refractivity (Wildman–Crippen MR) is 121 cm³/mol. The zero-order valence-electron chi connectivity index (χ0n) is 19.2. The molecule has 1 atom stereocenters. The van der Waals surface area contributed by atoms with Gasteiger partial charge in [-0.25, -0.2) is 4.98 Å². The molecule has 34 heavy (non-hydrogen) atoms. The van der Waals surface area contributed by atoms with Crippen LogP contribution in [0.3, 0.4) is 0 Å². The van der Waals surface area contributed by atoms with Gasteiger partial charge < -0.3 is 26.4 Å². The molecule has 1 aromatic carbocycles. The lowest BCUT2D eigenvalue weighted by Crippen LogP contribution is -2.50. The zero-order valence-corrected chi connectivity index (χ0v) is 19.2.